The van der Waals surface area contributed by atoms with E-state index < -0.39 is 6.10 Å². The summed E-state index contributed by atoms with van der Waals surface area (Å²) in [7, 11) is 4.71. The molecule has 3 aromatic rings. The van der Waals surface area contributed by atoms with Crippen LogP contribution in [0.15, 0.2) is 54.6 Å². The van der Waals surface area contributed by atoms with Gasteiger partial charge in [-0.25, -0.2) is 0 Å². The van der Waals surface area contributed by atoms with Gasteiger partial charge in [-0.15, -0.1) is 0 Å². The molecule has 6 nitrogen and oxygen atoms in total. The van der Waals surface area contributed by atoms with Crippen molar-refractivity contribution < 1.29 is 41.8 Å². The lowest BCUT2D eigenvalue weighted by molar-refractivity contribution is -0.693. The van der Waals surface area contributed by atoms with E-state index >= 15 is 0 Å². The van der Waals surface area contributed by atoms with Crippen molar-refractivity contribution in [3.05, 3.63) is 65.7 Å². The van der Waals surface area contributed by atoms with Crippen molar-refractivity contribution in [1.29, 1.82) is 0 Å². The summed E-state index contributed by atoms with van der Waals surface area (Å²) >= 11 is 0. The highest BCUT2D eigenvalue weighted by molar-refractivity contribution is 6.02. The number of hydrogen-bond donors (Lipinski definition) is 2. The van der Waals surface area contributed by atoms with Gasteiger partial charge in [0.25, 0.3) is 0 Å². The number of benzene rings is 3. The molecule has 7 heteroatoms. The van der Waals surface area contributed by atoms with Crippen LogP contribution < -0.4 is 31.9 Å². The lowest BCUT2D eigenvalue weighted by atomic mass is 10.0. The average Bonchev–Trinajstić information content (AvgIpc) is 2.81. The first kappa shape index (κ1) is 25.5. The van der Waals surface area contributed by atoms with Crippen LogP contribution in [0.5, 0.6) is 17.2 Å². The van der Waals surface area contributed by atoms with Gasteiger partial charge >= 0.3 is 0 Å². The van der Waals surface area contributed by atoms with Crippen LogP contribution in [0.1, 0.15) is 35.4 Å². The zero-order chi connectivity index (χ0) is 22.4. The molecular weight excluding hydrogens is 430 g/mol. The minimum Gasteiger partial charge on any atom is -1.00 e. The van der Waals surface area contributed by atoms with Crippen molar-refractivity contribution in [2.75, 3.05) is 27.9 Å². The molecule has 2 atom stereocenters. The van der Waals surface area contributed by atoms with Gasteiger partial charge in [-0.2, -0.15) is 0 Å². The van der Waals surface area contributed by atoms with Crippen LogP contribution in [0, 0.1) is 0 Å². The second kappa shape index (κ2) is 11.7. The van der Waals surface area contributed by atoms with Gasteiger partial charge in [0.15, 0.2) is 17.3 Å². The molecule has 0 radical (unpaired) electrons. The molecule has 0 aliphatic carbocycles. The number of ether oxygens (including phenoxy) is 3. The van der Waals surface area contributed by atoms with Gasteiger partial charge in [-0.3, -0.25) is 4.79 Å². The maximum absolute atomic E-state index is 12.8. The van der Waals surface area contributed by atoms with Crippen LogP contribution in [-0.4, -0.2) is 44.8 Å². The van der Waals surface area contributed by atoms with Gasteiger partial charge in [0.1, 0.15) is 12.1 Å². The molecule has 32 heavy (non-hydrogen) atoms. The zero-order valence-corrected chi connectivity index (χ0v) is 19.6. The number of aliphatic hydroxyl groups is 1. The molecule has 0 amide bonds. The summed E-state index contributed by atoms with van der Waals surface area (Å²) in [5, 5.41) is 14.2. The van der Waals surface area contributed by atoms with Crippen LogP contribution in [0.4, 0.5) is 0 Å². The van der Waals surface area contributed by atoms with Crippen molar-refractivity contribution in [1.82, 2.24) is 0 Å². The Morgan fingerprint density at radius 1 is 0.969 bits per heavy atom. The Labute approximate surface area is 194 Å². The van der Waals surface area contributed by atoms with Gasteiger partial charge in [0.2, 0.25) is 5.75 Å². The SMILES string of the molecule is COc1cc2cc(C(=O)CC[NH2+]C(C)C(O)c3ccccc3)ccc2c(OC)c1OC.[Cl-]. The highest BCUT2D eigenvalue weighted by atomic mass is 35.5. The molecule has 0 spiro atoms. The van der Waals surface area contributed by atoms with Gasteiger partial charge in [-0.05, 0) is 36.1 Å². The molecule has 0 aliphatic heterocycles. The Morgan fingerprint density at radius 2 is 1.66 bits per heavy atom. The van der Waals surface area contributed by atoms with Crippen molar-refractivity contribution >= 4 is 16.6 Å². The molecule has 0 fully saturated rings. The van der Waals surface area contributed by atoms with E-state index in [2.05, 4.69) is 0 Å². The molecule has 172 valence electrons. The number of Topliss-reactive ketones (excluding diaryl/α,β-unsaturated/α-hetero) is 1. The summed E-state index contributed by atoms with van der Waals surface area (Å²) in [4.78, 5) is 12.8. The van der Waals surface area contributed by atoms with Crippen molar-refractivity contribution in [3.8, 4) is 17.2 Å². The van der Waals surface area contributed by atoms with Gasteiger partial charge in [0.05, 0.1) is 34.3 Å². The monoisotopic (exact) mass is 459 g/mol. The predicted octanol–water partition coefficient (Wildman–Crippen LogP) is 0.128. The first-order valence-electron chi connectivity index (χ1n) is 10.3. The number of nitrogens with two attached hydrogens (primary N) is 1. The highest BCUT2D eigenvalue weighted by Crippen LogP contribution is 2.43. The molecule has 0 saturated carbocycles. The van der Waals surface area contributed by atoms with Gasteiger partial charge in [0, 0.05) is 10.9 Å². The van der Waals surface area contributed by atoms with Crippen molar-refractivity contribution in [2.24, 2.45) is 0 Å². The van der Waals surface area contributed by atoms with E-state index in [1.807, 2.05) is 60.8 Å². The molecule has 3 N–H and O–H groups in total. The normalized spacial score (nSPS) is 12.5. The summed E-state index contributed by atoms with van der Waals surface area (Å²) in [6.45, 7) is 2.56. The second-order valence-electron chi connectivity index (χ2n) is 7.49. The first-order valence-corrected chi connectivity index (χ1v) is 10.3. The Bertz CT molecular complexity index is 1040. The molecule has 0 aromatic heterocycles. The minimum absolute atomic E-state index is 0. The molecule has 0 bridgehead atoms. The Hall–Kier alpha value is -2.80. The van der Waals surface area contributed by atoms with E-state index in [4.69, 9.17) is 14.2 Å². The molecule has 2 unspecified atom stereocenters. The summed E-state index contributed by atoms with van der Waals surface area (Å²) < 4.78 is 16.4. The van der Waals surface area contributed by atoms with Crippen LogP contribution in [0.2, 0.25) is 0 Å². The van der Waals surface area contributed by atoms with E-state index in [-0.39, 0.29) is 24.2 Å². The molecular formula is C25H30ClNO5. The smallest absolute Gasteiger partial charge is 0.203 e. The Balaban J connectivity index is 0.00000363. The topological polar surface area (TPSA) is 81.6 Å². The lowest BCUT2D eigenvalue weighted by Crippen LogP contribution is -3.00. The average molecular weight is 460 g/mol. The third-order valence-electron chi connectivity index (χ3n) is 5.51. The lowest BCUT2D eigenvalue weighted by Gasteiger charge is -2.17. The number of methoxy groups -OCH3 is 3. The van der Waals surface area contributed by atoms with Crippen LogP contribution >= 0.6 is 0 Å². The zero-order valence-electron chi connectivity index (χ0n) is 18.8. The van der Waals surface area contributed by atoms with Crippen LogP contribution in [-0.2, 0) is 0 Å². The molecule has 3 aromatic carbocycles. The number of carbonyl (C=O) groups excluding carboxylic acids is 1. The van der Waals surface area contributed by atoms with Gasteiger partial charge < -0.3 is 37.0 Å². The number of halogens is 1. The summed E-state index contributed by atoms with van der Waals surface area (Å²) in [6, 6.07) is 16.9. The third-order valence-corrected chi connectivity index (χ3v) is 5.51. The number of quaternary nitrogens is 1. The summed E-state index contributed by atoms with van der Waals surface area (Å²) in [5.74, 6) is 1.70. The summed E-state index contributed by atoms with van der Waals surface area (Å²) in [6.07, 6.45) is -0.200. The maximum Gasteiger partial charge on any atom is 0.203 e. The number of carbonyl (C=O) groups is 1. The predicted molar refractivity (Wildman–Crippen MR) is 120 cm³/mol. The quantitative estimate of drug-likeness (QED) is 0.421. The molecule has 3 rings (SSSR count). The highest BCUT2D eigenvalue weighted by Gasteiger charge is 2.20. The standard InChI is InChI=1S/C25H29NO5.ClH/c1-16(23(28)17-8-6-5-7-9-17)26-13-12-21(27)18-10-11-20-19(14-18)15-22(29-2)25(31-4)24(20)30-3;/h5-11,14-16,23,26,28H,12-13H2,1-4H3;1H. The minimum atomic E-state index is -0.577. The third kappa shape index (κ3) is 5.51. The number of ketones is 1. The summed E-state index contributed by atoms with van der Waals surface area (Å²) in [5.41, 5.74) is 1.51. The van der Waals surface area contributed by atoms with Crippen LogP contribution in [0.3, 0.4) is 0 Å². The fraction of sp³-hybridized carbons (Fsp3) is 0.320. The first-order chi connectivity index (χ1) is 15.0. The number of aliphatic hydroxyl groups excluding tert-OH is 1. The Kier molecular flexibility index (Phi) is 9.32. The van der Waals surface area contributed by atoms with Crippen molar-refractivity contribution in [3.63, 3.8) is 0 Å². The van der Waals surface area contributed by atoms with Crippen molar-refractivity contribution in [2.45, 2.75) is 25.5 Å². The largest absolute Gasteiger partial charge is 1.00 e. The molecule has 0 heterocycles. The van der Waals surface area contributed by atoms with E-state index in [0.29, 0.717) is 35.8 Å². The fourth-order valence-electron chi connectivity index (χ4n) is 3.76. The van der Waals surface area contributed by atoms with E-state index in [1.165, 1.54) is 0 Å². The number of hydrogen-bond acceptors (Lipinski definition) is 5. The molecule has 0 saturated heterocycles. The number of rotatable bonds is 10. The molecule has 0 aliphatic rings. The van der Waals surface area contributed by atoms with E-state index in [9.17, 15) is 9.90 Å². The van der Waals surface area contributed by atoms with E-state index in [1.54, 1.807) is 27.4 Å². The van der Waals surface area contributed by atoms with Gasteiger partial charge in [-0.1, -0.05) is 36.4 Å². The second-order valence-corrected chi connectivity index (χ2v) is 7.49. The Morgan fingerprint density at radius 3 is 2.28 bits per heavy atom. The van der Waals surface area contributed by atoms with Crippen LogP contribution in [0.25, 0.3) is 10.8 Å². The fourth-order valence-corrected chi connectivity index (χ4v) is 3.76. The number of fused-ring (bicyclic) bond motifs is 1. The maximum atomic E-state index is 12.8. The van der Waals surface area contributed by atoms with E-state index in [0.717, 1.165) is 16.3 Å².